The number of benzene rings is 1. The third kappa shape index (κ3) is 32.6. The van der Waals surface area contributed by atoms with Gasteiger partial charge in [-0.3, -0.25) is 0 Å². The van der Waals surface area contributed by atoms with Crippen molar-refractivity contribution in [2.24, 2.45) is 0 Å². The van der Waals surface area contributed by atoms with Gasteiger partial charge in [-0.2, -0.15) is 0 Å². The molecule has 1 aromatic carbocycles. The van der Waals surface area contributed by atoms with Crippen LogP contribution >= 0.6 is 6.12 Å². The molecule has 0 aliphatic carbocycles. The summed E-state index contributed by atoms with van der Waals surface area (Å²) in [5.74, 6) is 0.648. The molecule has 0 aliphatic heterocycles. The average molecular weight is 775 g/mol. The van der Waals surface area contributed by atoms with E-state index in [1.54, 1.807) is 0 Å². The Morgan fingerprint density at radius 2 is 0.750 bits per heavy atom. The van der Waals surface area contributed by atoms with Gasteiger partial charge < -0.3 is 33.9 Å². The maximum Gasteiger partial charge on any atom is 2.00 e. The summed E-state index contributed by atoms with van der Waals surface area (Å²) < 4.78 is 5.59. The number of aryl methyl sites for hydroxylation is 2. The molecule has 0 aromatic heterocycles. The predicted molar refractivity (Wildman–Crippen MR) is 215 cm³/mol. The minimum absolute atomic E-state index is 0. The van der Waals surface area contributed by atoms with E-state index in [0.717, 1.165) is 24.8 Å². The average Bonchev–Trinajstić information content (AvgIpc) is 3.04. The normalized spacial score (nSPS) is 11.6. The Bertz CT molecular complexity index is 804. The van der Waals surface area contributed by atoms with Crippen LogP contribution in [0.2, 0.25) is 0 Å². The molecule has 0 heterocycles. The van der Waals surface area contributed by atoms with Gasteiger partial charge in [0.05, 0.1) is 0 Å². The van der Waals surface area contributed by atoms with E-state index in [1.165, 1.54) is 205 Å². The van der Waals surface area contributed by atoms with Gasteiger partial charge in [0.2, 0.25) is 0 Å². The van der Waals surface area contributed by atoms with Crippen LogP contribution in [0.4, 0.5) is 0 Å². The molecule has 0 N–H and O–H groups in total. The fourth-order valence-electron chi connectivity index (χ4n) is 6.93. The van der Waals surface area contributed by atoms with Gasteiger partial charge in [-0.1, -0.05) is 219 Å². The minimum atomic E-state index is -3.39. The molecule has 0 amide bonds. The predicted octanol–water partition coefficient (Wildman–Crippen LogP) is 14.8. The van der Waals surface area contributed by atoms with E-state index < -0.39 is 6.12 Å². The van der Waals surface area contributed by atoms with Gasteiger partial charge in [0.25, 0.3) is 0 Å². The third-order valence-electron chi connectivity index (χ3n) is 9.95. The van der Waals surface area contributed by atoms with E-state index in [0.29, 0.717) is 5.75 Å². The molecule has 0 unspecified atom stereocenters. The smallest absolute Gasteiger partial charge is 0.682 e. The van der Waals surface area contributed by atoms with E-state index >= 15 is 0 Å². The summed E-state index contributed by atoms with van der Waals surface area (Å²) in [4.78, 5) is 12.1. The van der Waals surface area contributed by atoms with Crippen LogP contribution in [-0.4, -0.2) is 0 Å². The quantitative estimate of drug-likeness (QED) is 0.0294. The van der Waals surface area contributed by atoms with Crippen molar-refractivity contribution in [3.05, 3.63) is 29.3 Å². The maximum atomic E-state index is 12.1. The molecule has 6 heteroatoms. The Hall–Kier alpha value is 0.733. The van der Waals surface area contributed by atoms with Crippen LogP contribution in [-0.2, 0) is 56.8 Å². The first-order valence-corrected chi connectivity index (χ1v) is 24.4. The summed E-state index contributed by atoms with van der Waals surface area (Å²) in [6.45, 7) is 4.59. The summed E-state index contributed by atoms with van der Waals surface area (Å²) in [5, 5.41) is 0. The Labute approximate surface area is 324 Å². The second-order valence-corrected chi connectivity index (χ2v) is 19.2. The van der Waals surface area contributed by atoms with Gasteiger partial charge in [-0.05, 0) is 42.9 Å². The van der Waals surface area contributed by atoms with Gasteiger partial charge in [-0.25, -0.2) is 0 Å². The number of hydrogen-bond donors (Lipinski definition) is 0. The maximum absolute atomic E-state index is 12.1. The van der Waals surface area contributed by atoms with Gasteiger partial charge in [-0.15, -0.1) is 6.12 Å². The van der Waals surface area contributed by atoms with Gasteiger partial charge in [0, 0.05) is 0 Å². The largest absolute Gasteiger partial charge is 2.00 e. The Balaban J connectivity index is 0.0000221. The number of hydrogen-bond acceptors (Lipinski definition) is 4. The zero-order valence-corrected chi connectivity index (χ0v) is 37.6. The van der Waals surface area contributed by atoms with Crippen LogP contribution in [0.15, 0.2) is 18.2 Å². The number of rotatable bonds is 36. The van der Waals surface area contributed by atoms with Crippen molar-refractivity contribution in [2.45, 2.75) is 232 Å². The third-order valence-corrected chi connectivity index (χ3v) is 10.8. The number of unbranched alkanes of at least 4 members (excludes halogenated alkanes) is 30. The van der Waals surface area contributed by atoms with Gasteiger partial charge in [0.1, 0.15) is 0 Å². The zero-order chi connectivity index (χ0) is 34.1. The molecule has 0 spiro atoms. The fraction of sp³-hybridized carbons (Fsp3) is 0.857. The summed E-state index contributed by atoms with van der Waals surface area (Å²) in [6, 6.07) is 6.36. The van der Waals surface area contributed by atoms with Crippen LogP contribution in [0.1, 0.15) is 230 Å². The summed E-state index contributed by atoms with van der Waals surface area (Å²) in [5.41, 5.74) is 2.50. The summed E-state index contributed by atoms with van der Waals surface area (Å²) in [7, 11) is 0. The Morgan fingerprint density at radius 3 is 1.06 bits per heavy atom. The first-order valence-electron chi connectivity index (χ1n) is 20.8. The van der Waals surface area contributed by atoms with E-state index in [2.05, 4.69) is 26.0 Å². The first kappa shape index (κ1) is 48.7. The van der Waals surface area contributed by atoms with E-state index in [1.807, 2.05) is 6.07 Å². The van der Waals surface area contributed by atoms with Crippen molar-refractivity contribution in [1.82, 2.24) is 0 Å². The molecule has 1 rings (SSSR count). The van der Waals surface area contributed by atoms with Crippen molar-refractivity contribution in [2.75, 3.05) is 0 Å². The Kier molecular flexibility index (Phi) is 36.7. The second kappa shape index (κ2) is 36.1. The molecular weight excluding hydrogens is 697 g/mol. The molecule has 276 valence electrons. The topological polar surface area (TPSA) is 32.3 Å². The fourth-order valence-corrected chi connectivity index (χ4v) is 7.83. The molecule has 0 saturated heterocycles. The molecule has 2 nitrogen and oxygen atoms in total. The van der Waals surface area contributed by atoms with Crippen LogP contribution in [0.3, 0.4) is 0 Å². The van der Waals surface area contributed by atoms with Crippen LogP contribution < -0.4 is 9.42 Å². The van der Waals surface area contributed by atoms with Crippen LogP contribution in [0.25, 0.3) is 0 Å². The van der Waals surface area contributed by atoms with Gasteiger partial charge in [0.15, 0.2) is 5.75 Å². The SMILES string of the molecule is CCCCCCCCCCCCCCCCCCc1ccc(O[P+]([O-])([S-])[S-])c(CCCCCCCCCCCCCCCCCC)c1.[Zn+2]. The minimum Gasteiger partial charge on any atom is -0.682 e. The van der Waals surface area contributed by atoms with Crippen molar-refractivity contribution in [1.29, 1.82) is 0 Å². The van der Waals surface area contributed by atoms with Crippen molar-refractivity contribution in [3.63, 3.8) is 0 Å². The molecule has 0 saturated carbocycles. The summed E-state index contributed by atoms with van der Waals surface area (Å²) in [6.07, 6.45) is 43.0. The van der Waals surface area contributed by atoms with E-state index in [4.69, 9.17) is 29.0 Å². The molecular formula is C42H77O2PS2Zn. The summed E-state index contributed by atoms with van der Waals surface area (Å²) >= 11 is 9.88. The first-order chi connectivity index (χ1) is 23.0. The molecule has 0 atom stereocenters. The molecule has 0 radical (unpaired) electrons. The molecule has 0 aliphatic rings. The van der Waals surface area contributed by atoms with Crippen LogP contribution in [0.5, 0.6) is 5.75 Å². The van der Waals surface area contributed by atoms with E-state index in [-0.39, 0.29) is 19.5 Å². The molecule has 48 heavy (non-hydrogen) atoms. The zero-order valence-electron chi connectivity index (χ0n) is 32.1. The monoisotopic (exact) mass is 772 g/mol. The van der Waals surface area contributed by atoms with Crippen molar-refractivity contribution < 1.29 is 28.9 Å². The van der Waals surface area contributed by atoms with Crippen molar-refractivity contribution in [3.8, 4) is 5.75 Å². The molecule has 0 fully saturated rings. The van der Waals surface area contributed by atoms with Crippen LogP contribution in [0, 0.1) is 0 Å². The molecule has 0 bridgehead atoms. The standard InChI is InChI=1S/C42H79O2PS2.Zn/c1-3-5-7-9-11-13-15-17-19-21-23-25-27-29-31-33-35-40-37-38-42(44-45(43,46)47)41(39-40)36-34-32-30-28-26-24-22-20-18-16-14-12-10-8-6-4-2;/h37-39H,3-36H2,1-2H3,(H2,43,46,47);/q;+2/p-2. The van der Waals surface area contributed by atoms with E-state index in [9.17, 15) is 4.89 Å². The van der Waals surface area contributed by atoms with Crippen molar-refractivity contribution >= 4 is 30.6 Å². The Morgan fingerprint density at radius 1 is 0.458 bits per heavy atom. The van der Waals surface area contributed by atoms with Gasteiger partial charge >= 0.3 is 19.5 Å². The molecule has 1 aromatic rings. The second-order valence-electron chi connectivity index (χ2n) is 14.6.